The Balaban J connectivity index is 2.34. The van der Waals surface area contributed by atoms with Gasteiger partial charge >= 0.3 is 5.97 Å². The minimum Gasteiger partial charge on any atom is -0.480 e. The molecule has 0 aliphatic carbocycles. The van der Waals surface area contributed by atoms with Crippen LogP contribution < -0.4 is 5.32 Å². The van der Waals surface area contributed by atoms with Gasteiger partial charge < -0.3 is 10.4 Å². The first kappa shape index (κ1) is 9.40. The second kappa shape index (κ2) is 3.53. The van der Waals surface area contributed by atoms with Crippen molar-refractivity contribution in [2.24, 2.45) is 0 Å². The molecular formula is C10H11NO2S. The fraction of sp³-hybridized carbons (Fsp3) is 0.300. The van der Waals surface area contributed by atoms with E-state index in [4.69, 9.17) is 5.11 Å². The van der Waals surface area contributed by atoms with Gasteiger partial charge in [0.15, 0.2) is 0 Å². The molecule has 1 aromatic carbocycles. The number of nitrogens with one attached hydrogen (secondary N) is 1. The van der Waals surface area contributed by atoms with Crippen molar-refractivity contribution in [3.05, 3.63) is 23.8 Å². The third-order valence-corrected chi connectivity index (χ3v) is 3.15. The monoisotopic (exact) mass is 209 g/mol. The summed E-state index contributed by atoms with van der Waals surface area (Å²) >= 11 is 1.63. The van der Waals surface area contributed by atoms with Gasteiger partial charge in [-0.3, -0.25) is 0 Å². The van der Waals surface area contributed by atoms with Crippen molar-refractivity contribution < 1.29 is 9.90 Å². The number of aliphatic carboxylic acids is 1. The Morgan fingerprint density at radius 3 is 3.07 bits per heavy atom. The van der Waals surface area contributed by atoms with Crippen LogP contribution in [0.4, 0.5) is 5.69 Å². The van der Waals surface area contributed by atoms with Gasteiger partial charge in [0, 0.05) is 11.3 Å². The topological polar surface area (TPSA) is 49.3 Å². The fourth-order valence-corrected chi connectivity index (χ4v) is 2.28. The lowest BCUT2D eigenvalue weighted by Crippen LogP contribution is -2.26. The highest BCUT2D eigenvalue weighted by atomic mass is 32.2. The third-order valence-electron chi connectivity index (χ3n) is 2.37. The summed E-state index contributed by atoms with van der Waals surface area (Å²) in [7, 11) is 0. The number of carbonyl (C=O) groups is 1. The van der Waals surface area contributed by atoms with Crippen LogP contribution >= 0.6 is 11.8 Å². The molecular weight excluding hydrogens is 198 g/mol. The molecule has 4 heteroatoms. The number of hydrogen-bond donors (Lipinski definition) is 2. The van der Waals surface area contributed by atoms with E-state index in [2.05, 4.69) is 5.32 Å². The average Bonchev–Trinajstić information content (AvgIpc) is 2.60. The van der Waals surface area contributed by atoms with Gasteiger partial charge in [-0.15, -0.1) is 11.8 Å². The molecule has 3 nitrogen and oxygen atoms in total. The van der Waals surface area contributed by atoms with E-state index in [0.29, 0.717) is 6.42 Å². The third kappa shape index (κ3) is 1.46. The van der Waals surface area contributed by atoms with Crippen molar-refractivity contribution in [2.75, 3.05) is 11.6 Å². The van der Waals surface area contributed by atoms with Crippen molar-refractivity contribution in [3.63, 3.8) is 0 Å². The van der Waals surface area contributed by atoms with Gasteiger partial charge in [-0.1, -0.05) is 12.1 Å². The second-order valence-electron chi connectivity index (χ2n) is 3.23. The molecule has 74 valence electrons. The Bertz CT molecular complexity index is 378. The molecule has 0 unspecified atom stereocenters. The average molecular weight is 209 g/mol. The van der Waals surface area contributed by atoms with E-state index in [0.717, 1.165) is 16.1 Å². The molecule has 0 spiro atoms. The Morgan fingerprint density at radius 1 is 1.64 bits per heavy atom. The molecule has 1 aliphatic rings. The van der Waals surface area contributed by atoms with Crippen molar-refractivity contribution in [3.8, 4) is 0 Å². The number of anilines is 1. The summed E-state index contributed by atoms with van der Waals surface area (Å²) in [5.41, 5.74) is 2.09. The predicted octanol–water partition coefficient (Wildman–Crippen LogP) is 1.83. The molecule has 0 bridgehead atoms. The first-order chi connectivity index (χ1) is 6.72. The molecule has 0 radical (unpaired) electrons. The van der Waals surface area contributed by atoms with Gasteiger partial charge in [0.2, 0.25) is 0 Å². The maximum Gasteiger partial charge on any atom is 0.326 e. The van der Waals surface area contributed by atoms with Crippen LogP contribution in [0, 0.1) is 0 Å². The minimum absolute atomic E-state index is 0.460. The molecule has 1 aromatic rings. The van der Waals surface area contributed by atoms with E-state index in [1.165, 1.54) is 0 Å². The smallest absolute Gasteiger partial charge is 0.326 e. The number of para-hydroxylation sites is 1. The Labute approximate surface area is 86.5 Å². The quantitative estimate of drug-likeness (QED) is 0.730. The number of fused-ring (bicyclic) bond motifs is 1. The Hall–Kier alpha value is -1.16. The van der Waals surface area contributed by atoms with Gasteiger partial charge in [-0.2, -0.15) is 0 Å². The molecule has 14 heavy (non-hydrogen) atoms. The molecule has 0 saturated heterocycles. The van der Waals surface area contributed by atoms with E-state index in [9.17, 15) is 4.79 Å². The summed E-state index contributed by atoms with van der Waals surface area (Å²) in [4.78, 5) is 11.9. The highest BCUT2D eigenvalue weighted by Gasteiger charge is 2.27. The van der Waals surface area contributed by atoms with Crippen LogP contribution in [0.5, 0.6) is 0 Å². The van der Waals surface area contributed by atoms with Crippen LogP contribution in [0.15, 0.2) is 23.1 Å². The van der Waals surface area contributed by atoms with Gasteiger partial charge in [-0.05, 0) is 17.9 Å². The summed E-state index contributed by atoms with van der Waals surface area (Å²) in [5, 5.41) is 11.9. The highest BCUT2D eigenvalue weighted by molar-refractivity contribution is 7.98. The summed E-state index contributed by atoms with van der Waals surface area (Å²) in [5.74, 6) is -0.784. The standard InChI is InChI=1S/C10H11NO2S/c1-14-8-4-2-3-6-5-7(10(12)13)11-9(6)8/h2-4,7,11H,5H2,1H3,(H,12,13)/t7-/m1/s1. The lowest BCUT2D eigenvalue weighted by atomic mass is 10.1. The summed E-state index contributed by atoms with van der Waals surface area (Å²) in [6.07, 6.45) is 2.57. The normalized spacial score (nSPS) is 18.8. The van der Waals surface area contributed by atoms with Gasteiger partial charge in [0.1, 0.15) is 6.04 Å². The largest absolute Gasteiger partial charge is 0.480 e. The first-order valence-electron chi connectivity index (χ1n) is 4.37. The van der Waals surface area contributed by atoms with Crippen LogP contribution in [0.2, 0.25) is 0 Å². The molecule has 2 N–H and O–H groups in total. The molecule has 0 fully saturated rings. The number of thioether (sulfide) groups is 1. The van der Waals surface area contributed by atoms with E-state index >= 15 is 0 Å². The maximum absolute atomic E-state index is 10.8. The molecule has 1 atom stereocenters. The number of carboxylic acids is 1. The second-order valence-corrected chi connectivity index (χ2v) is 4.08. The molecule has 2 rings (SSSR count). The zero-order valence-electron chi connectivity index (χ0n) is 7.78. The fourth-order valence-electron chi connectivity index (χ4n) is 1.67. The highest BCUT2D eigenvalue weighted by Crippen LogP contribution is 2.34. The number of benzene rings is 1. The van der Waals surface area contributed by atoms with Crippen molar-refractivity contribution in [1.29, 1.82) is 0 Å². The van der Waals surface area contributed by atoms with Gasteiger partial charge in [0.25, 0.3) is 0 Å². The zero-order chi connectivity index (χ0) is 10.1. The molecule has 0 amide bonds. The SMILES string of the molecule is CSc1cccc2c1N[C@@H](C(=O)O)C2. The summed E-state index contributed by atoms with van der Waals surface area (Å²) in [6.45, 7) is 0. The Kier molecular flexibility index (Phi) is 2.37. The predicted molar refractivity (Wildman–Crippen MR) is 57.0 cm³/mol. The minimum atomic E-state index is -0.784. The Morgan fingerprint density at radius 2 is 2.43 bits per heavy atom. The van der Waals surface area contributed by atoms with Crippen molar-refractivity contribution >= 4 is 23.4 Å². The number of carboxylic acid groups (broad SMARTS) is 1. The van der Waals surface area contributed by atoms with Crippen molar-refractivity contribution in [1.82, 2.24) is 0 Å². The number of hydrogen-bond acceptors (Lipinski definition) is 3. The molecule has 1 aliphatic heterocycles. The van der Waals surface area contributed by atoms with E-state index in [1.807, 2.05) is 24.5 Å². The van der Waals surface area contributed by atoms with Gasteiger partial charge in [-0.25, -0.2) is 4.79 Å². The van der Waals surface area contributed by atoms with Crippen LogP contribution in [-0.4, -0.2) is 23.4 Å². The van der Waals surface area contributed by atoms with E-state index in [-0.39, 0.29) is 0 Å². The number of rotatable bonds is 2. The maximum atomic E-state index is 10.8. The zero-order valence-corrected chi connectivity index (χ0v) is 8.60. The van der Waals surface area contributed by atoms with Crippen LogP contribution in [0.25, 0.3) is 0 Å². The van der Waals surface area contributed by atoms with Crippen LogP contribution in [0.1, 0.15) is 5.56 Å². The van der Waals surface area contributed by atoms with E-state index < -0.39 is 12.0 Å². The van der Waals surface area contributed by atoms with E-state index in [1.54, 1.807) is 11.8 Å². The molecule has 0 aromatic heterocycles. The molecule has 1 heterocycles. The first-order valence-corrected chi connectivity index (χ1v) is 5.60. The summed E-state index contributed by atoms with van der Waals surface area (Å²) in [6, 6.07) is 5.49. The van der Waals surface area contributed by atoms with Crippen molar-refractivity contribution in [2.45, 2.75) is 17.4 Å². The summed E-state index contributed by atoms with van der Waals surface area (Å²) < 4.78 is 0. The van der Waals surface area contributed by atoms with Gasteiger partial charge in [0.05, 0.1) is 5.69 Å². The lowest BCUT2D eigenvalue weighted by molar-refractivity contribution is -0.137. The van der Waals surface area contributed by atoms with Crippen LogP contribution in [-0.2, 0) is 11.2 Å². The van der Waals surface area contributed by atoms with Crippen LogP contribution in [0.3, 0.4) is 0 Å². The lowest BCUT2D eigenvalue weighted by Gasteiger charge is -2.07. The molecule has 0 saturated carbocycles.